The van der Waals surface area contributed by atoms with Crippen LogP contribution in [0, 0.1) is 0 Å². The summed E-state index contributed by atoms with van der Waals surface area (Å²) in [6.45, 7) is 5.93. The van der Waals surface area contributed by atoms with Crippen LogP contribution >= 0.6 is 0 Å². The van der Waals surface area contributed by atoms with Crippen LogP contribution in [0.3, 0.4) is 0 Å². The quantitative estimate of drug-likeness (QED) is 0.147. The van der Waals surface area contributed by atoms with Crippen LogP contribution < -0.4 is 9.47 Å². The van der Waals surface area contributed by atoms with Gasteiger partial charge in [0.1, 0.15) is 5.82 Å². The van der Waals surface area contributed by atoms with E-state index in [2.05, 4.69) is 120 Å². The Hall–Kier alpha value is -4.35. The number of fused-ring (bicyclic) bond motifs is 1. The van der Waals surface area contributed by atoms with E-state index in [1.165, 1.54) is 27.9 Å². The van der Waals surface area contributed by atoms with Crippen molar-refractivity contribution in [3.8, 4) is 22.9 Å². The van der Waals surface area contributed by atoms with E-state index in [4.69, 9.17) is 14.5 Å². The summed E-state index contributed by atoms with van der Waals surface area (Å²) >= 11 is 0. The molecule has 1 aromatic heterocycles. The third-order valence-corrected chi connectivity index (χ3v) is 7.97. The largest absolute Gasteiger partial charge is 0.454 e. The smallest absolute Gasteiger partial charge is 0.231 e. The van der Waals surface area contributed by atoms with E-state index in [1.54, 1.807) is 0 Å². The number of nitrogens with zero attached hydrogens (tertiary/aromatic N) is 3. The van der Waals surface area contributed by atoms with Crippen molar-refractivity contribution >= 4 is 0 Å². The third kappa shape index (κ3) is 6.75. The van der Waals surface area contributed by atoms with Gasteiger partial charge in [0.05, 0.1) is 11.9 Å². The number of aryl methyl sites for hydroxylation is 2. The fraction of sp³-hybridized carbons (Fsp3) is 0.270. The highest BCUT2D eigenvalue weighted by Gasteiger charge is 2.19. The van der Waals surface area contributed by atoms with E-state index in [0.29, 0.717) is 0 Å². The van der Waals surface area contributed by atoms with Crippen molar-refractivity contribution in [3.63, 3.8) is 0 Å². The maximum atomic E-state index is 5.71. The molecule has 2 heterocycles. The van der Waals surface area contributed by atoms with Crippen molar-refractivity contribution in [1.29, 1.82) is 0 Å². The van der Waals surface area contributed by atoms with Gasteiger partial charge >= 0.3 is 0 Å². The zero-order valence-corrected chi connectivity index (χ0v) is 24.4. The molecule has 0 bridgehead atoms. The molecule has 0 radical (unpaired) electrons. The normalized spacial score (nSPS) is 12.2. The fourth-order valence-electron chi connectivity index (χ4n) is 5.74. The zero-order chi connectivity index (χ0) is 28.6. The van der Waals surface area contributed by atoms with Gasteiger partial charge in [-0.15, -0.1) is 0 Å². The van der Waals surface area contributed by atoms with E-state index < -0.39 is 0 Å². The van der Waals surface area contributed by atoms with Crippen molar-refractivity contribution < 1.29 is 9.47 Å². The number of aromatic nitrogens is 2. The molecule has 5 aromatic rings. The van der Waals surface area contributed by atoms with E-state index in [-0.39, 0.29) is 6.79 Å². The van der Waals surface area contributed by atoms with Crippen molar-refractivity contribution in [2.45, 2.75) is 58.8 Å². The monoisotopic (exact) mass is 557 g/mol. The topological polar surface area (TPSA) is 39.5 Å². The molecule has 6 rings (SSSR count). The Morgan fingerprint density at radius 2 is 1.45 bits per heavy atom. The molecule has 1 aliphatic heterocycles. The lowest BCUT2D eigenvalue weighted by molar-refractivity contribution is 0.174. The highest BCUT2D eigenvalue weighted by atomic mass is 16.7. The molecule has 1 aliphatic rings. The van der Waals surface area contributed by atoms with E-state index in [9.17, 15) is 0 Å². The second-order valence-corrected chi connectivity index (χ2v) is 11.0. The number of rotatable bonds is 13. The van der Waals surface area contributed by atoms with Gasteiger partial charge in [0, 0.05) is 31.7 Å². The molecule has 0 saturated heterocycles. The Morgan fingerprint density at radius 1 is 0.714 bits per heavy atom. The van der Waals surface area contributed by atoms with E-state index in [1.807, 2.05) is 6.07 Å². The average molecular weight is 558 g/mol. The summed E-state index contributed by atoms with van der Waals surface area (Å²) in [6.07, 6.45) is 6.38. The molecular weight excluding hydrogens is 518 g/mol. The summed E-state index contributed by atoms with van der Waals surface area (Å²) in [7, 11) is 0. The predicted molar refractivity (Wildman–Crippen MR) is 168 cm³/mol. The van der Waals surface area contributed by atoms with Gasteiger partial charge in [-0.3, -0.25) is 4.90 Å². The number of hydrogen-bond donors (Lipinski definition) is 0. The Morgan fingerprint density at radius 3 is 2.26 bits per heavy atom. The molecule has 0 atom stereocenters. The van der Waals surface area contributed by atoms with Crippen molar-refractivity contribution in [1.82, 2.24) is 14.5 Å². The van der Waals surface area contributed by atoms with Gasteiger partial charge < -0.3 is 14.0 Å². The third-order valence-electron chi connectivity index (χ3n) is 7.97. The maximum absolute atomic E-state index is 5.71. The first-order valence-corrected chi connectivity index (χ1v) is 15.1. The first kappa shape index (κ1) is 27.8. The van der Waals surface area contributed by atoms with Crippen LogP contribution in [0.2, 0.25) is 0 Å². The summed E-state index contributed by atoms with van der Waals surface area (Å²) in [5.74, 6) is 2.70. The molecule has 0 saturated carbocycles. The summed E-state index contributed by atoms with van der Waals surface area (Å²) in [6, 6.07) is 36.5. The molecule has 0 fully saturated rings. The molecule has 4 aromatic carbocycles. The van der Waals surface area contributed by atoms with Crippen LogP contribution in [0.15, 0.2) is 109 Å². The van der Waals surface area contributed by atoms with E-state index >= 15 is 0 Å². The first-order chi connectivity index (χ1) is 20.8. The van der Waals surface area contributed by atoms with Gasteiger partial charge in [-0.1, -0.05) is 104 Å². The van der Waals surface area contributed by atoms with Crippen LogP contribution in [0.25, 0.3) is 11.4 Å². The summed E-state index contributed by atoms with van der Waals surface area (Å²) in [5.41, 5.74) is 7.76. The first-order valence-electron chi connectivity index (χ1n) is 15.1. The van der Waals surface area contributed by atoms with Crippen LogP contribution in [-0.4, -0.2) is 21.2 Å². The van der Waals surface area contributed by atoms with Crippen LogP contribution in [-0.2, 0) is 39.0 Å². The van der Waals surface area contributed by atoms with Crippen molar-refractivity contribution in [2.75, 3.05) is 6.79 Å². The average Bonchev–Trinajstić information content (AvgIpc) is 3.67. The van der Waals surface area contributed by atoms with Crippen LogP contribution in [0.1, 0.15) is 47.7 Å². The van der Waals surface area contributed by atoms with E-state index in [0.717, 1.165) is 74.7 Å². The van der Waals surface area contributed by atoms with Gasteiger partial charge in [-0.2, -0.15) is 0 Å². The number of unbranched alkanes of at least 4 members (excludes halogenated alkanes) is 1. The van der Waals surface area contributed by atoms with Crippen molar-refractivity contribution in [2.24, 2.45) is 0 Å². The zero-order valence-electron chi connectivity index (χ0n) is 24.4. The molecule has 5 nitrogen and oxygen atoms in total. The highest BCUT2D eigenvalue weighted by molar-refractivity contribution is 5.56. The number of imidazole rings is 1. The van der Waals surface area contributed by atoms with Crippen LogP contribution in [0.4, 0.5) is 0 Å². The number of ether oxygens (including phenoxy) is 2. The summed E-state index contributed by atoms with van der Waals surface area (Å²) in [4.78, 5) is 7.47. The predicted octanol–water partition coefficient (Wildman–Crippen LogP) is 8.07. The second-order valence-electron chi connectivity index (χ2n) is 11.0. The van der Waals surface area contributed by atoms with Crippen molar-refractivity contribution in [3.05, 3.63) is 137 Å². The minimum absolute atomic E-state index is 0.288. The van der Waals surface area contributed by atoms with Gasteiger partial charge in [-0.25, -0.2) is 4.98 Å². The molecule has 5 heteroatoms. The lowest BCUT2D eigenvalue weighted by atomic mass is 9.99. The standard InChI is InChI=1S/C37H39N3O2/c1-2-3-22-40-34(24-38-37(40)32-15-8-5-9-16-32)27-39(25-30-19-21-35-36(23-30)42-28-41-35)26-33-17-11-10-14-31(33)20-18-29-12-6-4-7-13-29/h4-17,19,21,23-24H,2-3,18,20,22,25-28H2,1H3. The SMILES string of the molecule is CCCCn1c(CN(Cc2ccc3c(c2)OCO3)Cc2ccccc2CCc2ccccc2)cnc1-c1ccccc1. The Labute approximate surface area is 249 Å². The molecule has 42 heavy (non-hydrogen) atoms. The second kappa shape index (κ2) is 13.5. The minimum Gasteiger partial charge on any atom is -0.454 e. The summed E-state index contributed by atoms with van der Waals surface area (Å²) in [5, 5.41) is 0. The molecule has 0 amide bonds. The fourth-order valence-corrected chi connectivity index (χ4v) is 5.74. The lowest BCUT2D eigenvalue weighted by Gasteiger charge is -2.25. The maximum Gasteiger partial charge on any atom is 0.231 e. The van der Waals surface area contributed by atoms with Gasteiger partial charge in [-0.05, 0) is 53.6 Å². The minimum atomic E-state index is 0.288. The molecule has 0 N–H and O–H groups in total. The van der Waals surface area contributed by atoms with Gasteiger partial charge in [0.2, 0.25) is 6.79 Å². The lowest BCUT2D eigenvalue weighted by Crippen LogP contribution is -2.25. The molecule has 0 unspecified atom stereocenters. The molecule has 0 aliphatic carbocycles. The Balaban J connectivity index is 1.29. The molecular formula is C37H39N3O2. The number of benzene rings is 4. The Bertz CT molecular complexity index is 1580. The Kier molecular flexibility index (Phi) is 8.96. The molecule has 214 valence electrons. The van der Waals surface area contributed by atoms with Crippen LogP contribution in [0.5, 0.6) is 11.5 Å². The summed E-state index contributed by atoms with van der Waals surface area (Å²) < 4.78 is 13.7. The number of hydrogen-bond acceptors (Lipinski definition) is 4. The van der Waals surface area contributed by atoms with Gasteiger partial charge in [0.25, 0.3) is 0 Å². The molecule has 0 spiro atoms. The van der Waals surface area contributed by atoms with Gasteiger partial charge in [0.15, 0.2) is 11.5 Å². The highest BCUT2D eigenvalue weighted by Crippen LogP contribution is 2.33.